The zero-order chi connectivity index (χ0) is 29.8. The van der Waals surface area contributed by atoms with Gasteiger partial charge < -0.3 is 60.4 Å². The lowest BCUT2D eigenvalue weighted by molar-refractivity contribution is -0.268. The summed E-state index contributed by atoms with van der Waals surface area (Å²) in [5.74, 6) is -3.39. The SMILES string of the molecule is O=C(/C=C/c1ccc(O)cc1)C1=C(O)c2cc([C@@H]3OC[C@@H](O)[C@H]3O)[nH]c2[C@@](O)([C@@H]2O[C@H](CO)[C@@H](O)[C@H](O)[C@H]2O)C1=O. The van der Waals surface area contributed by atoms with Gasteiger partial charge in [0, 0.05) is 11.3 Å². The van der Waals surface area contributed by atoms with Crippen molar-refractivity contribution >= 4 is 23.4 Å². The Bertz CT molecular complexity index is 1400. The van der Waals surface area contributed by atoms with Crippen LogP contribution in [0.2, 0.25) is 0 Å². The predicted octanol–water partition coefficient (Wildman–Crippen LogP) is -2.32. The summed E-state index contributed by atoms with van der Waals surface area (Å²) < 4.78 is 10.9. The van der Waals surface area contributed by atoms with Gasteiger partial charge in [-0.25, -0.2) is 0 Å². The Morgan fingerprint density at radius 1 is 1.02 bits per heavy atom. The fourth-order valence-electron chi connectivity index (χ4n) is 5.33. The van der Waals surface area contributed by atoms with Gasteiger partial charge in [0.1, 0.15) is 65.9 Å². The van der Waals surface area contributed by atoms with Gasteiger partial charge in [-0.2, -0.15) is 0 Å². The molecule has 3 heterocycles. The molecule has 3 aliphatic rings. The molecule has 0 bridgehead atoms. The van der Waals surface area contributed by atoms with Crippen LogP contribution in [0.5, 0.6) is 5.75 Å². The number of aromatic amines is 1. The number of ether oxygens (including phenoxy) is 2. The molecule has 0 saturated carbocycles. The lowest BCUT2D eigenvalue weighted by atomic mass is 9.73. The molecule has 2 aromatic rings. The topological polar surface area (TPSA) is 250 Å². The molecule has 14 heteroatoms. The molecule has 2 aliphatic heterocycles. The van der Waals surface area contributed by atoms with Gasteiger partial charge in [0.05, 0.1) is 18.9 Å². The van der Waals surface area contributed by atoms with Crippen LogP contribution in [-0.4, -0.2) is 118 Å². The van der Waals surface area contributed by atoms with Crippen LogP contribution in [0.4, 0.5) is 0 Å². The van der Waals surface area contributed by atoms with Crippen LogP contribution in [-0.2, 0) is 24.7 Å². The fourth-order valence-corrected chi connectivity index (χ4v) is 5.33. The first-order valence-electron chi connectivity index (χ1n) is 12.6. The molecule has 220 valence electrons. The second kappa shape index (κ2) is 10.8. The summed E-state index contributed by atoms with van der Waals surface area (Å²) >= 11 is 0. The summed E-state index contributed by atoms with van der Waals surface area (Å²) in [6.45, 7) is -1.13. The van der Waals surface area contributed by atoms with E-state index in [1.165, 1.54) is 36.4 Å². The third kappa shape index (κ3) is 4.68. The largest absolute Gasteiger partial charge is 0.508 e. The Hall–Kier alpha value is -3.44. The number of aromatic hydroxyl groups is 1. The molecule has 0 amide bonds. The van der Waals surface area contributed by atoms with Crippen molar-refractivity contribution in [1.29, 1.82) is 0 Å². The quantitative estimate of drug-likeness (QED) is 0.128. The predicted molar refractivity (Wildman–Crippen MR) is 136 cm³/mol. The van der Waals surface area contributed by atoms with Crippen LogP contribution in [0, 0.1) is 0 Å². The van der Waals surface area contributed by atoms with E-state index in [1.54, 1.807) is 0 Å². The normalized spacial score (nSPS) is 35.7. The van der Waals surface area contributed by atoms with E-state index in [4.69, 9.17) is 9.47 Å². The number of allylic oxidation sites excluding steroid dienone is 1. The van der Waals surface area contributed by atoms with Gasteiger partial charge in [-0.15, -0.1) is 0 Å². The highest BCUT2D eigenvalue weighted by Gasteiger charge is 2.61. The fraction of sp³-hybridized carbons (Fsp3) is 0.407. The van der Waals surface area contributed by atoms with Crippen molar-refractivity contribution in [3.8, 4) is 5.75 Å². The average molecular weight is 576 g/mol. The molecule has 9 atom stereocenters. The molecule has 5 rings (SSSR count). The molecule has 2 fully saturated rings. The Labute approximate surface area is 231 Å². The highest BCUT2D eigenvalue weighted by molar-refractivity contribution is 6.32. The number of carbonyl (C=O) groups is 2. The van der Waals surface area contributed by atoms with Crippen LogP contribution in [0.25, 0.3) is 11.8 Å². The molecular weight excluding hydrogens is 546 g/mol. The summed E-state index contributed by atoms with van der Waals surface area (Å²) in [6, 6.07) is 6.83. The number of phenols is 1. The van der Waals surface area contributed by atoms with E-state index in [2.05, 4.69) is 4.98 Å². The smallest absolute Gasteiger partial charge is 0.211 e. The standard InChI is InChI=1S/C27H29NO13/c29-8-16-20(35)21(36)22(37)26(41-16)27(39)24-12(7-13(28-24)23-19(34)15(32)9-40-23)18(33)17(25(27)38)14(31)6-3-10-1-4-11(30)5-2-10/h1-7,15-16,19-23,26,28-30,32-37,39H,8-9H2/b6-3+/t15-,16-,19-,20-,21+,22-,23+,26-,27+/m1/s1. The second-order valence-electron chi connectivity index (χ2n) is 10.2. The number of fused-ring (bicyclic) bond motifs is 1. The molecular formula is C27H29NO13. The molecule has 1 aliphatic carbocycles. The number of ketones is 2. The zero-order valence-corrected chi connectivity index (χ0v) is 21.2. The number of carbonyl (C=O) groups excluding carboxylic acids is 2. The first-order valence-corrected chi connectivity index (χ1v) is 12.6. The van der Waals surface area contributed by atoms with Crippen molar-refractivity contribution in [2.24, 2.45) is 0 Å². The second-order valence-corrected chi connectivity index (χ2v) is 10.2. The van der Waals surface area contributed by atoms with Crippen molar-refractivity contribution in [3.63, 3.8) is 0 Å². The van der Waals surface area contributed by atoms with Gasteiger partial charge in [-0.1, -0.05) is 18.2 Å². The summed E-state index contributed by atoms with van der Waals surface area (Å²) in [5, 5.41) is 93.9. The number of H-pyrrole nitrogens is 1. The highest BCUT2D eigenvalue weighted by atomic mass is 16.6. The van der Waals surface area contributed by atoms with Crippen LogP contribution < -0.4 is 0 Å². The molecule has 1 aromatic carbocycles. The van der Waals surface area contributed by atoms with Crippen LogP contribution >= 0.6 is 0 Å². The number of aliphatic hydroxyl groups is 8. The van der Waals surface area contributed by atoms with Gasteiger partial charge in [-0.3, -0.25) is 9.59 Å². The minimum absolute atomic E-state index is 0.0188. The summed E-state index contributed by atoms with van der Waals surface area (Å²) in [4.78, 5) is 29.9. The maximum atomic E-state index is 13.9. The van der Waals surface area contributed by atoms with E-state index in [9.17, 15) is 55.5 Å². The molecule has 41 heavy (non-hydrogen) atoms. The third-order valence-corrected chi connectivity index (χ3v) is 7.61. The molecule has 1 aromatic heterocycles. The number of hydrogen-bond donors (Lipinski definition) is 10. The first-order chi connectivity index (χ1) is 19.4. The lowest BCUT2D eigenvalue weighted by Gasteiger charge is -2.46. The van der Waals surface area contributed by atoms with Gasteiger partial charge in [0.2, 0.25) is 5.78 Å². The van der Waals surface area contributed by atoms with Crippen molar-refractivity contribution < 1.29 is 65.0 Å². The van der Waals surface area contributed by atoms with Crippen LogP contribution in [0.1, 0.15) is 28.6 Å². The monoisotopic (exact) mass is 575 g/mol. The molecule has 0 unspecified atom stereocenters. The first kappa shape index (κ1) is 29.1. The number of nitrogens with one attached hydrogen (secondary N) is 1. The Morgan fingerprint density at radius 3 is 2.32 bits per heavy atom. The number of hydrogen-bond acceptors (Lipinski definition) is 13. The average Bonchev–Trinajstić information content (AvgIpc) is 3.54. The lowest BCUT2D eigenvalue weighted by Crippen LogP contribution is -2.67. The van der Waals surface area contributed by atoms with Crippen molar-refractivity contribution in [2.45, 2.75) is 54.4 Å². The summed E-state index contributed by atoms with van der Waals surface area (Å²) in [5.41, 5.74) is -4.29. The number of Topliss-reactive ketones (excluding diaryl/α,β-unsaturated/α-hetero) is 1. The van der Waals surface area contributed by atoms with E-state index >= 15 is 0 Å². The van der Waals surface area contributed by atoms with E-state index in [-0.39, 0.29) is 23.6 Å². The van der Waals surface area contributed by atoms with E-state index in [1.807, 2.05) is 0 Å². The summed E-state index contributed by atoms with van der Waals surface area (Å²) in [6.07, 6.45) is -11.2. The third-order valence-electron chi connectivity index (χ3n) is 7.61. The van der Waals surface area contributed by atoms with Gasteiger partial charge >= 0.3 is 0 Å². The number of phenolic OH excluding ortho intramolecular Hbond substituents is 1. The summed E-state index contributed by atoms with van der Waals surface area (Å²) in [7, 11) is 0. The Morgan fingerprint density at radius 2 is 1.71 bits per heavy atom. The molecule has 0 radical (unpaired) electrons. The van der Waals surface area contributed by atoms with Crippen LogP contribution in [0.3, 0.4) is 0 Å². The molecule has 0 spiro atoms. The number of rotatable bonds is 6. The highest BCUT2D eigenvalue weighted by Crippen LogP contribution is 2.46. The van der Waals surface area contributed by atoms with Crippen molar-refractivity contribution in [1.82, 2.24) is 4.98 Å². The Balaban J connectivity index is 1.63. The zero-order valence-electron chi connectivity index (χ0n) is 21.2. The van der Waals surface area contributed by atoms with E-state index in [0.717, 1.165) is 6.08 Å². The van der Waals surface area contributed by atoms with Crippen molar-refractivity contribution in [3.05, 3.63) is 64.5 Å². The Kier molecular flexibility index (Phi) is 7.63. The number of benzene rings is 1. The van der Waals surface area contributed by atoms with E-state index < -0.39 is 89.6 Å². The van der Waals surface area contributed by atoms with Crippen LogP contribution in [0.15, 0.2) is 42.0 Å². The molecule has 14 nitrogen and oxygen atoms in total. The van der Waals surface area contributed by atoms with E-state index in [0.29, 0.717) is 5.56 Å². The van der Waals surface area contributed by atoms with Gasteiger partial charge in [0.25, 0.3) is 0 Å². The number of aliphatic hydroxyl groups excluding tert-OH is 7. The molecule has 10 N–H and O–H groups in total. The van der Waals surface area contributed by atoms with Gasteiger partial charge in [0.15, 0.2) is 11.4 Å². The maximum absolute atomic E-state index is 13.9. The number of aromatic nitrogens is 1. The van der Waals surface area contributed by atoms with Gasteiger partial charge in [-0.05, 0) is 29.8 Å². The maximum Gasteiger partial charge on any atom is 0.211 e. The minimum Gasteiger partial charge on any atom is -0.508 e. The molecule has 2 saturated heterocycles. The van der Waals surface area contributed by atoms with Crippen molar-refractivity contribution in [2.75, 3.05) is 13.2 Å². The minimum atomic E-state index is -3.01.